The van der Waals surface area contributed by atoms with Gasteiger partial charge in [-0.2, -0.15) is 0 Å². The minimum atomic E-state index is -0.788. The number of fused-ring (bicyclic) bond motifs is 1. The van der Waals surface area contributed by atoms with Crippen molar-refractivity contribution < 1.29 is 13.9 Å². The lowest BCUT2D eigenvalue weighted by molar-refractivity contribution is -0.126. The summed E-state index contributed by atoms with van der Waals surface area (Å²) in [5, 5.41) is 2.94. The van der Waals surface area contributed by atoms with Gasteiger partial charge in [-0.05, 0) is 37.8 Å². The van der Waals surface area contributed by atoms with E-state index >= 15 is 0 Å². The average Bonchev–Trinajstić information content (AvgIpc) is 2.57. The molecule has 0 aliphatic heterocycles. The van der Waals surface area contributed by atoms with Gasteiger partial charge in [-0.1, -0.05) is 6.92 Å². The second kappa shape index (κ2) is 6.10. The van der Waals surface area contributed by atoms with Gasteiger partial charge in [0.1, 0.15) is 11.7 Å². The average molecular weight is 317 g/mol. The number of carbonyl (C=O) groups is 1. The maximum absolute atomic E-state index is 13.3. The largest absolute Gasteiger partial charge is 0.481 e. The third kappa shape index (κ3) is 3.11. The number of carbonyl (C=O) groups excluding carboxylic acids is 1. The third-order valence-corrected chi connectivity index (χ3v) is 4.58. The van der Waals surface area contributed by atoms with Crippen LogP contribution in [0.15, 0.2) is 24.4 Å². The monoisotopic (exact) mass is 317 g/mol. The minimum Gasteiger partial charge on any atom is -0.481 e. The maximum Gasteiger partial charge on any atom is 0.230 e. The van der Waals surface area contributed by atoms with Crippen LogP contribution in [-0.4, -0.2) is 29.2 Å². The normalized spacial score (nSPS) is 24.4. The number of methoxy groups -OCH3 is 1. The first-order chi connectivity index (χ1) is 11.0. The van der Waals surface area contributed by atoms with Gasteiger partial charge in [0.05, 0.1) is 18.3 Å². The van der Waals surface area contributed by atoms with Crippen LogP contribution in [0.1, 0.15) is 32.6 Å². The summed E-state index contributed by atoms with van der Waals surface area (Å²) in [4.78, 5) is 21.3. The second-order valence-corrected chi connectivity index (χ2v) is 6.27. The van der Waals surface area contributed by atoms with Crippen LogP contribution in [0, 0.1) is 5.41 Å². The topological polar surface area (TPSA) is 64.1 Å². The number of halogens is 1. The van der Waals surface area contributed by atoms with Crippen molar-refractivity contribution in [3.05, 3.63) is 24.4 Å². The first-order valence-corrected chi connectivity index (χ1v) is 7.77. The summed E-state index contributed by atoms with van der Waals surface area (Å²) < 4.78 is 18.5. The van der Waals surface area contributed by atoms with Crippen molar-refractivity contribution in [2.75, 3.05) is 12.4 Å². The Bertz CT molecular complexity index is 727. The van der Waals surface area contributed by atoms with E-state index in [4.69, 9.17) is 4.74 Å². The highest BCUT2D eigenvalue weighted by Crippen LogP contribution is 2.38. The quantitative estimate of drug-likeness (QED) is 0.941. The Balaban J connectivity index is 1.87. The standard InChI is InChI=1S/C17H20FN3O2/c1-17(8-5-11(18)6-9-17)16(22)20-13-7-10-19-12-3-4-14(23-2)21-15(12)13/h3-4,7,10-11H,5-6,8-9H2,1-2H3,(H,19,20,22). The molecule has 0 radical (unpaired) electrons. The molecule has 23 heavy (non-hydrogen) atoms. The molecule has 2 aromatic rings. The van der Waals surface area contributed by atoms with Gasteiger partial charge in [0.2, 0.25) is 11.8 Å². The summed E-state index contributed by atoms with van der Waals surface area (Å²) >= 11 is 0. The Morgan fingerprint density at radius 3 is 2.78 bits per heavy atom. The Labute approximate surface area is 134 Å². The fourth-order valence-corrected chi connectivity index (χ4v) is 2.94. The molecule has 1 aliphatic rings. The summed E-state index contributed by atoms with van der Waals surface area (Å²) in [6.45, 7) is 1.89. The van der Waals surface area contributed by atoms with E-state index in [-0.39, 0.29) is 5.91 Å². The zero-order chi connectivity index (χ0) is 16.4. The van der Waals surface area contributed by atoms with Gasteiger partial charge >= 0.3 is 0 Å². The summed E-state index contributed by atoms with van der Waals surface area (Å²) in [6.07, 6.45) is 2.83. The number of anilines is 1. The third-order valence-electron chi connectivity index (χ3n) is 4.58. The maximum atomic E-state index is 13.3. The molecule has 3 rings (SSSR count). The Hall–Kier alpha value is -2.24. The van der Waals surface area contributed by atoms with Crippen molar-refractivity contribution in [1.82, 2.24) is 9.97 Å². The summed E-state index contributed by atoms with van der Waals surface area (Å²) in [5.74, 6) is 0.367. The van der Waals surface area contributed by atoms with Crippen molar-refractivity contribution in [3.63, 3.8) is 0 Å². The van der Waals surface area contributed by atoms with E-state index in [2.05, 4.69) is 15.3 Å². The van der Waals surface area contributed by atoms with E-state index in [1.807, 2.05) is 6.92 Å². The molecular formula is C17H20FN3O2. The Morgan fingerprint density at radius 1 is 1.35 bits per heavy atom. The number of rotatable bonds is 3. The molecule has 2 heterocycles. The van der Waals surface area contributed by atoms with Crippen LogP contribution in [0.3, 0.4) is 0 Å². The van der Waals surface area contributed by atoms with Crippen LogP contribution in [0.4, 0.5) is 10.1 Å². The van der Waals surface area contributed by atoms with Crippen LogP contribution < -0.4 is 10.1 Å². The number of nitrogens with zero attached hydrogens (tertiary/aromatic N) is 2. The fraction of sp³-hybridized carbons (Fsp3) is 0.471. The van der Waals surface area contributed by atoms with Crippen molar-refractivity contribution in [3.8, 4) is 5.88 Å². The van der Waals surface area contributed by atoms with Crippen LogP contribution in [0.2, 0.25) is 0 Å². The molecule has 1 N–H and O–H groups in total. The molecule has 5 nitrogen and oxygen atoms in total. The number of pyridine rings is 2. The fourth-order valence-electron chi connectivity index (χ4n) is 2.94. The van der Waals surface area contributed by atoms with Crippen molar-refractivity contribution in [2.45, 2.75) is 38.8 Å². The molecule has 1 amide bonds. The molecule has 0 spiro atoms. The van der Waals surface area contributed by atoms with E-state index in [9.17, 15) is 9.18 Å². The summed E-state index contributed by atoms with van der Waals surface area (Å²) in [6, 6.07) is 5.24. The molecule has 0 aromatic carbocycles. The minimum absolute atomic E-state index is 0.0958. The van der Waals surface area contributed by atoms with Gasteiger partial charge in [0.15, 0.2) is 0 Å². The van der Waals surface area contributed by atoms with Gasteiger partial charge in [0.25, 0.3) is 0 Å². The highest BCUT2D eigenvalue weighted by molar-refractivity contribution is 6.01. The Kier molecular flexibility index (Phi) is 4.15. The molecule has 1 saturated carbocycles. The van der Waals surface area contributed by atoms with Crippen molar-refractivity contribution in [2.24, 2.45) is 5.41 Å². The van der Waals surface area contributed by atoms with Gasteiger partial charge < -0.3 is 10.1 Å². The molecule has 1 fully saturated rings. The van der Waals surface area contributed by atoms with Crippen LogP contribution in [0.5, 0.6) is 5.88 Å². The van der Waals surface area contributed by atoms with Crippen LogP contribution in [0.25, 0.3) is 11.0 Å². The molecule has 0 bridgehead atoms. The number of alkyl halides is 1. The molecule has 0 saturated heterocycles. The highest BCUT2D eigenvalue weighted by atomic mass is 19.1. The number of amides is 1. The lowest BCUT2D eigenvalue weighted by Gasteiger charge is -2.33. The Morgan fingerprint density at radius 2 is 2.09 bits per heavy atom. The van der Waals surface area contributed by atoms with Gasteiger partial charge in [-0.25, -0.2) is 9.37 Å². The predicted molar refractivity (Wildman–Crippen MR) is 86.2 cm³/mol. The smallest absolute Gasteiger partial charge is 0.230 e. The first-order valence-electron chi connectivity index (χ1n) is 7.77. The number of aromatic nitrogens is 2. The molecule has 122 valence electrons. The molecule has 6 heteroatoms. The summed E-state index contributed by atoms with van der Waals surface area (Å²) in [5.41, 5.74) is 1.32. The van der Waals surface area contributed by atoms with Crippen molar-refractivity contribution in [1.29, 1.82) is 0 Å². The molecule has 1 aliphatic carbocycles. The van der Waals surface area contributed by atoms with Gasteiger partial charge in [-0.3, -0.25) is 9.78 Å². The first kappa shape index (κ1) is 15.6. The zero-order valence-electron chi connectivity index (χ0n) is 13.3. The summed E-state index contributed by atoms with van der Waals surface area (Å²) in [7, 11) is 1.54. The van der Waals surface area contributed by atoms with E-state index in [1.165, 1.54) is 0 Å². The number of nitrogens with one attached hydrogen (secondary N) is 1. The van der Waals surface area contributed by atoms with E-state index in [1.54, 1.807) is 31.5 Å². The highest BCUT2D eigenvalue weighted by Gasteiger charge is 2.37. The van der Waals surface area contributed by atoms with Crippen molar-refractivity contribution >= 4 is 22.6 Å². The second-order valence-electron chi connectivity index (χ2n) is 6.27. The molecular weight excluding hydrogens is 297 g/mol. The molecule has 0 atom stereocenters. The predicted octanol–water partition coefficient (Wildman–Crippen LogP) is 3.50. The van der Waals surface area contributed by atoms with E-state index < -0.39 is 11.6 Å². The SMILES string of the molecule is COc1ccc2nccc(NC(=O)C3(C)CCC(F)CC3)c2n1. The molecule has 0 unspecified atom stereocenters. The van der Waals surface area contributed by atoms with E-state index in [0.29, 0.717) is 48.3 Å². The van der Waals surface area contributed by atoms with Gasteiger partial charge in [0, 0.05) is 17.7 Å². The zero-order valence-corrected chi connectivity index (χ0v) is 13.3. The lowest BCUT2D eigenvalue weighted by Crippen LogP contribution is -2.37. The van der Waals surface area contributed by atoms with Crippen LogP contribution >= 0.6 is 0 Å². The molecule has 2 aromatic heterocycles. The number of hydrogen-bond donors (Lipinski definition) is 1. The number of hydrogen-bond acceptors (Lipinski definition) is 4. The van der Waals surface area contributed by atoms with Crippen LogP contribution in [-0.2, 0) is 4.79 Å². The van der Waals surface area contributed by atoms with E-state index in [0.717, 1.165) is 0 Å². The van der Waals surface area contributed by atoms with Gasteiger partial charge in [-0.15, -0.1) is 0 Å². The lowest BCUT2D eigenvalue weighted by atomic mass is 9.74. The number of ether oxygens (including phenoxy) is 1.